The molecule has 0 bridgehead atoms. The molecule has 7 heavy (non-hydrogen) atoms. The van der Waals surface area contributed by atoms with E-state index in [1.165, 1.54) is 6.08 Å². The Hall–Kier alpha value is -0.210. The molecule has 2 nitrogen and oxygen atoms in total. The number of halogens is 2. The SMILES string of the molecule is ClC1=CC(Cl)=N[N]1. The van der Waals surface area contributed by atoms with Crippen molar-refractivity contribution in [3.8, 4) is 0 Å². The molecule has 0 unspecified atom stereocenters. The second kappa shape index (κ2) is 1.72. The van der Waals surface area contributed by atoms with Crippen LogP contribution in [0.4, 0.5) is 0 Å². The van der Waals surface area contributed by atoms with E-state index in [1.807, 2.05) is 0 Å². The zero-order chi connectivity index (χ0) is 5.28. The second-order valence-electron chi connectivity index (χ2n) is 0.990. The van der Waals surface area contributed by atoms with E-state index in [1.54, 1.807) is 0 Å². The van der Waals surface area contributed by atoms with Gasteiger partial charge in [-0.05, 0) is 0 Å². The maximum atomic E-state index is 5.30. The number of hydrogen-bond acceptors (Lipinski definition) is 1. The van der Waals surface area contributed by atoms with Crippen molar-refractivity contribution in [3.05, 3.63) is 11.2 Å². The van der Waals surface area contributed by atoms with Crippen molar-refractivity contribution in [3.63, 3.8) is 0 Å². The Morgan fingerprint density at radius 3 is 2.29 bits per heavy atom. The molecule has 1 radical (unpaired) electrons. The van der Waals surface area contributed by atoms with Crippen LogP contribution in [0.5, 0.6) is 0 Å². The molecular formula is C3HCl2N2. The maximum absolute atomic E-state index is 5.30. The molecule has 0 aliphatic carbocycles. The van der Waals surface area contributed by atoms with Gasteiger partial charge in [-0.3, -0.25) is 0 Å². The topological polar surface area (TPSA) is 26.5 Å². The van der Waals surface area contributed by atoms with Crippen LogP contribution in [0.15, 0.2) is 16.3 Å². The summed E-state index contributed by atoms with van der Waals surface area (Å²) in [4.78, 5) is 0. The van der Waals surface area contributed by atoms with Crippen LogP contribution in [-0.2, 0) is 0 Å². The lowest BCUT2D eigenvalue weighted by Gasteiger charge is -1.74. The maximum Gasteiger partial charge on any atom is 0.154 e. The Kier molecular flexibility index (Phi) is 1.21. The van der Waals surface area contributed by atoms with Crippen LogP contribution >= 0.6 is 23.2 Å². The van der Waals surface area contributed by atoms with Crippen LogP contribution in [0.2, 0.25) is 0 Å². The molecule has 1 aliphatic heterocycles. The van der Waals surface area contributed by atoms with E-state index < -0.39 is 0 Å². The Morgan fingerprint density at radius 2 is 2.14 bits per heavy atom. The van der Waals surface area contributed by atoms with Gasteiger partial charge in [0.25, 0.3) is 0 Å². The van der Waals surface area contributed by atoms with Crippen LogP contribution < -0.4 is 5.43 Å². The summed E-state index contributed by atoms with van der Waals surface area (Å²) in [5, 5.41) is 4.08. The van der Waals surface area contributed by atoms with Crippen molar-refractivity contribution in [2.45, 2.75) is 0 Å². The molecule has 1 rings (SSSR count). The minimum absolute atomic E-state index is 0.338. The van der Waals surface area contributed by atoms with E-state index in [9.17, 15) is 0 Å². The van der Waals surface area contributed by atoms with E-state index in [2.05, 4.69) is 10.5 Å². The summed E-state index contributed by atoms with van der Waals surface area (Å²) in [6.07, 6.45) is 1.48. The number of nitrogens with zero attached hydrogens (tertiary/aromatic N) is 2. The van der Waals surface area contributed by atoms with Crippen molar-refractivity contribution in [2.24, 2.45) is 5.10 Å². The Morgan fingerprint density at radius 1 is 1.43 bits per heavy atom. The van der Waals surface area contributed by atoms with Crippen molar-refractivity contribution >= 4 is 28.4 Å². The molecule has 0 aromatic carbocycles. The van der Waals surface area contributed by atoms with Crippen LogP contribution in [-0.4, -0.2) is 5.17 Å². The fourth-order valence-electron chi connectivity index (χ4n) is 0.252. The number of allylic oxidation sites excluding steroid dienone is 1. The Bertz CT molecular complexity index is 138. The standard InChI is InChI=1S/C3HCl2N2/c4-2-1-3(5)7-6-2/h1H. The molecule has 0 amide bonds. The lowest BCUT2D eigenvalue weighted by atomic mass is 10.7. The van der Waals surface area contributed by atoms with Crippen LogP contribution in [0.1, 0.15) is 0 Å². The van der Waals surface area contributed by atoms with E-state index in [0.717, 1.165) is 0 Å². The molecule has 0 fully saturated rings. The summed E-state index contributed by atoms with van der Waals surface area (Å²) in [6.45, 7) is 0. The average molecular weight is 136 g/mol. The summed E-state index contributed by atoms with van der Waals surface area (Å²) in [7, 11) is 0. The first-order valence-corrected chi connectivity index (χ1v) is 2.36. The zero-order valence-corrected chi connectivity index (χ0v) is 4.74. The quantitative estimate of drug-likeness (QED) is 0.448. The van der Waals surface area contributed by atoms with Gasteiger partial charge in [0.15, 0.2) is 10.3 Å². The molecule has 0 saturated carbocycles. The van der Waals surface area contributed by atoms with Gasteiger partial charge in [0.2, 0.25) is 0 Å². The molecule has 0 aromatic rings. The lowest BCUT2D eigenvalue weighted by molar-refractivity contribution is 0.954. The first-order valence-electron chi connectivity index (χ1n) is 1.60. The zero-order valence-electron chi connectivity index (χ0n) is 3.23. The van der Waals surface area contributed by atoms with E-state index >= 15 is 0 Å². The second-order valence-corrected chi connectivity index (χ2v) is 1.76. The largest absolute Gasteiger partial charge is 0.154 e. The fraction of sp³-hybridized carbons (Fsp3) is 0. The molecule has 0 N–H and O–H groups in total. The van der Waals surface area contributed by atoms with E-state index in [-0.39, 0.29) is 0 Å². The predicted molar refractivity (Wildman–Crippen MR) is 29.4 cm³/mol. The number of hydrogen-bond donors (Lipinski definition) is 0. The molecule has 4 heteroatoms. The third kappa shape index (κ3) is 1.08. The van der Waals surface area contributed by atoms with Gasteiger partial charge in [-0.2, -0.15) is 0 Å². The summed E-state index contributed by atoms with van der Waals surface area (Å²) < 4.78 is 0. The van der Waals surface area contributed by atoms with Crippen LogP contribution in [0.3, 0.4) is 0 Å². The van der Waals surface area contributed by atoms with Crippen molar-refractivity contribution < 1.29 is 0 Å². The molecule has 1 aliphatic rings. The summed E-state index contributed by atoms with van der Waals surface area (Å²) in [5.41, 5.74) is 3.40. The van der Waals surface area contributed by atoms with Gasteiger partial charge in [-0.15, -0.1) is 10.5 Å². The van der Waals surface area contributed by atoms with Crippen LogP contribution in [0.25, 0.3) is 0 Å². The van der Waals surface area contributed by atoms with Gasteiger partial charge in [-0.25, -0.2) is 0 Å². The minimum atomic E-state index is 0.338. The third-order valence-corrected chi connectivity index (χ3v) is 0.849. The first kappa shape index (κ1) is 4.94. The fourth-order valence-corrected chi connectivity index (χ4v) is 0.590. The summed E-state index contributed by atoms with van der Waals surface area (Å²) >= 11 is 10.6. The van der Waals surface area contributed by atoms with Crippen molar-refractivity contribution in [1.29, 1.82) is 0 Å². The molecular weight excluding hydrogens is 135 g/mol. The van der Waals surface area contributed by atoms with Crippen LogP contribution in [0, 0.1) is 0 Å². The van der Waals surface area contributed by atoms with Gasteiger partial charge >= 0.3 is 0 Å². The van der Waals surface area contributed by atoms with E-state index in [4.69, 9.17) is 23.2 Å². The number of rotatable bonds is 0. The average Bonchev–Trinajstić information content (AvgIpc) is 1.87. The highest BCUT2D eigenvalue weighted by molar-refractivity contribution is 6.69. The predicted octanol–water partition coefficient (Wildman–Crippen LogP) is 1.24. The smallest absolute Gasteiger partial charge is 0.137 e. The molecule has 0 aromatic heterocycles. The highest BCUT2D eigenvalue weighted by atomic mass is 35.5. The Balaban J connectivity index is 2.69. The Labute approximate surface area is 50.8 Å². The minimum Gasteiger partial charge on any atom is -0.137 e. The van der Waals surface area contributed by atoms with Gasteiger partial charge in [0.05, 0.1) is 0 Å². The highest BCUT2D eigenvalue weighted by Gasteiger charge is 2.01. The van der Waals surface area contributed by atoms with Gasteiger partial charge in [-0.1, -0.05) is 23.2 Å². The van der Waals surface area contributed by atoms with Gasteiger partial charge in [0.1, 0.15) is 0 Å². The van der Waals surface area contributed by atoms with Crippen molar-refractivity contribution in [1.82, 2.24) is 5.43 Å². The molecule has 0 atom stereocenters. The summed E-state index contributed by atoms with van der Waals surface area (Å²) in [6, 6.07) is 0. The van der Waals surface area contributed by atoms with Crippen molar-refractivity contribution in [2.75, 3.05) is 0 Å². The van der Waals surface area contributed by atoms with Gasteiger partial charge in [0, 0.05) is 6.08 Å². The monoisotopic (exact) mass is 135 g/mol. The third-order valence-electron chi connectivity index (χ3n) is 0.479. The molecule has 1 heterocycles. The first-order chi connectivity index (χ1) is 3.29. The molecule has 0 saturated heterocycles. The normalized spacial score (nSPS) is 18.0. The summed E-state index contributed by atoms with van der Waals surface area (Å²) in [5.74, 6) is 0. The highest BCUT2D eigenvalue weighted by Crippen LogP contribution is 2.06. The molecule has 37 valence electrons. The lowest BCUT2D eigenvalue weighted by Crippen LogP contribution is -1.79. The van der Waals surface area contributed by atoms with Gasteiger partial charge < -0.3 is 0 Å². The van der Waals surface area contributed by atoms with E-state index in [0.29, 0.717) is 10.3 Å². The molecule has 0 spiro atoms.